The van der Waals surface area contributed by atoms with Crippen molar-refractivity contribution in [2.75, 3.05) is 19.3 Å². The molecule has 0 aliphatic carbocycles. The summed E-state index contributed by atoms with van der Waals surface area (Å²) in [6, 6.07) is -0.252. The third kappa shape index (κ3) is 4.31. The van der Waals surface area contributed by atoms with Gasteiger partial charge in [-0.2, -0.15) is 0 Å². The van der Waals surface area contributed by atoms with Crippen LogP contribution >= 0.6 is 11.8 Å². The molecule has 1 fully saturated rings. The van der Waals surface area contributed by atoms with Crippen molar-refractivity contribution in [3.8, 4) is 0 Å². The van der Waals surface area contributed by atoms with Crippen LogP contribution in [0.25, 0.3) is 0 Å². The van der Waals surface area contributed by atoms with Crippen LogP contribution in [-0.4, -0.2) is 53.1 Å². The molecule has 1 aliphatic rings. The van der Waals surface area contributed by atoms with Crippen molar-refractivity contribution >= 4 is 29.4 Å². The number of likely N-dealkylation sites (tertiary alicyclic amines) is 1. The summed E-state index contributed by atoms with van der Waals surface area (Å²) in [4.78, 5) is 36.5. The number of hydrogen-bond donors (Lipinski definition) is 1. The molecule has 0 aromatic carbocycles. The molecular formula is C13H22N2O3S. The van der Waals surface area contributed by atoms with Gasteiger partial charge in [-0.25, -0.2) is 0 Å². The van der Waals surface area contributed by atoms with E-state index in [-0.39, 0.29) is 35.3 Å². The summed E-state index contributed by atoms with van der Waals surface area (Å²) in [5.74, 6) is 0.396. The van der Waals surface area contributed by atoms with Gasteiger partial charge >= 0.3 is 0 Å². The Hall–Kier alpha value is -0.880. The number of rotatable bonds is 8. The quantitative estimate of drug-likeness (QED) is 0.669. The Labute approximate surface area is 118 Å². The van der Waals surface area contributed by atoms with Crippen molar-refractivity contribution in [2.45, 2.75) is 44.4 Å². The highest BCUT2D eigenvalue weighted by atomic mass is 32.2. The summed E-state index contributed by atoms with van der Waals surface area (Å²) in [7, 11) is 1.72. The first-order chi connectivity index (χ1) is 9.01. The first kappa shape index (κ1) is 16.2. The highest BCUT2D eigenvalue weighted by molar-refractivity contribution is 8.00. The molecule has 0 aromatic heterocycles. The molecular weight excluding hydrogens is 264 g/mol. The number of hydrogen-bond acceptors (Lipinski definition) is 5. The number of carbonyl (C=O) groups excluding carboxylic acids is 3. The van der Waals surface area contributed by atoms with Gasteiger partial charge in [0.25, 0.3) is 0 Å². The number of nitrogens with zero attached hydrogens (tertiary/aromatic N) is 1. The number of ketones is 1. The molecule has 0 aromatic rings. The Morgan fingerprint density at radius 1 is 1.53 bits per heavy atom. The third-order valence-corrected chi connectivity index (χ3v) is 4.54. The zero-order valence-corrected chi connectivity index (χ0v) is 12.6. The summed E-state index contributed by atoms with van der Waals surface area (Å²) in [6.07, 6.45) is 2.07. The number of likely N-dealkylation sites (N-methyl/N-ethyl adjacent to an activating group) is 1. The summed E-state index contributed by atoms with van der Waals surface area (Å²) in [5, 5.41) is 2.60. The molecule has 1 N–H and O–H groups in total. The fraction of sp³-hybridized carbons (Fsp3) is 0.769. The Morgan fingerprint density at radius 3 is 2.74 bits per heavy atom. The zero-order valence-electron chi connectivity index (χ0n) is 11.8. The maximum atomic E-state index is 12.1. The van der Waals surface area contributed by atoms with Crippen LogP contribution in [0.3, 0.4) is 0 Å². The van der Waals surface area contributed by atoms with E-state index < -0.39 is 0 Å². The van der Waals surface area contributed by atoms with Crippen LogP contribution in [0.1, 0.15) is 33.1 Å². The molecule has 0 bridgehead atoms. The predicted octanol–water partition coefficient (Wildman–Crippen LogP) is 0.824. The third-order valence-electron chi connectivity index (χ3n) is 3.24. The van der Waals surface area contributed by atoms with Gasteiger partial charge in [-0.15, -0.1) is 11.8 Å². The fourth-order valence-electron chi connectivity index (χ4n) is 1.95. The molecule has 5 nitrogen and oxygen atoms in total. The minimum absolute atomic E-state index is 0.0506. The maximum Gasteiger partial charge on any atom is 0.242 e. The lowest BCUT2D eigenvalue weighted by Gasteiger charge is -2.16. The summed E-state index contributed by atoms with van der Waals surface area (Å²) >= 11 is 1.40. The second kappa shape index (κ2) is 7.65. The first-order valence-corrected chi connectivity index (χ1v) is 7.69. The lowest BCUT2D eigenvalue weighted by molar-refractivity contribution is -0.138. The minimum Gasteiger partial charge on any atom is -0.310 e. The number of unbranched alkanes of at least 4 members (excludes halogenated alkanes) is 1. The van der Waals surface area contributed by atoms with Gasteiger partial charge in [-0.3, -0.25) is 19.3 Å². The molecule has 2 amide bonds. The van der Waals surface area contributed by atoms with E-state index in [1.54, 1.807) is 7.05 Å². The molecule has 1 heterocycles. The van der Waals surface area contributed by atoms with Crippen LogP contribution in [0.15, 0.2) is 0 Å². The van der Waals surface area contributed by atoms with E-state index in [0.29, 0.717) is 12.3 Å². The van der Waals surface area contributed by atoms with Crippen LogP contribution < -0.4 is 5.32 Å². The molecule has 19 heavy (non-hydrogen) atoms. The largest absolute Gasteiger partial charge is 0.310 e. The van der Waals surface area contributed by atoms with Gasteiger partial charge in [-0.1, -0.05) is 13.3 Å². The Bertz CT molecular complexity index is 360. The van der Waals surface area contributed by atoms with E-state index in [4.69, 9.17) is 0 Å². The highest BCUT2D eigenvalue weighted by Crippen LogP contribution is 2.26. The number of Topliss-reactive ketones (excluding diaryl/α,β-unsaturated/α-hetero) is 1. The van der Waals surface area contributed by atoms with Gasteiger partial charge in [0.15, 0.2) is 0 Å². The van der Waals surface area contributed by atoms with Gasteiger partial charge in [-0.05, 0) is 20.4 Å². The van der Waals surface area contributed by atoms with Gasteiger partial charge < -0.3 is 5.32 Å². The van der Waals surface area contributed by atoms with Crippen LogP contribution in [0.4, 0.5) is 0 Å². The Kier molecular flexibility index (Phi) is 6.51. The van der Waals surface area contributed by atoms with Gasteiger partial charge in [0.1, 0.15) is 5.78 Å². The van der Waals surface area contributed by atoms with Gasteiger partial charge in [0.05, 0.1) is 11.3 Å². The van der Waals surface area contributed by atoms with Crippen molar-refractivity contribution in [1.29, 1.82) is 0 Å². The first-order valence-electron chi connectivity index (χ1n) is 6.64. The lowest BCUT2D eigenvalue weighted by Crippen LogP contribution is -2.36. The molecule has 108 valence electrons. The van der Waals surface area contributed by atoms with Crippen molar-refractivity contribution in [1.82, 2.24) is 10.2 Å². The molecule has 1 rings (SSSR count). The molecule has 0 spiro atoms. The normalized spacial score (nSPS) is 21.0. The standard InChI is InChI=1S/C13H22N2O3S/c1-4-5-6-15-12(17)7-11(13(15)18)19-8-10(14-3)9(2)16/h10-11,14H,4-8H2,1-3H3. The fourth-order valence-corrected chi connectivity index (χ4v) is 3.31. The van der Waals surface area contributed by atoms with Crippen LogP contribution in [0.2, 0.25) is 0 Å². The SMILES string of the molecule is CCCCN1C(=O)CC(SCC(NC)C(C)=O)C1=O. The van der Waals surface area contributed by atoms with Gasteiger partial charge in [0, 0.05) is 18.7 Å². The van der Waals surface area contributed by atoms with Crippen molar-refractivity contribution in [3.05, 3.63) is 0 Å². The van der Waals surface area contributed by atoms with E-state index in [9.17, 15) is 14.4 Å². The van der Waals surface area contributed by atoms with Crippen molar-refractivity contribution in [3.63, 3.8) is 0 Å². The van der Waals surface area contributed by atoms with Crippen LogP contribution in [0.5, 0.6) is 0 Å². The summed E-state index contributed by atoms with van der Waals surface area (Å²) in [5.41, 5.74) is 0. The number of carbonyl (C=O) groups is 3. The number of amides is 2. The average Bonchev–Trinajstić information content (AvgIpc) is 2.63. The monoisotopic (exact) mass is 286 g/mol. The van der Waals surface area contributed by atoms with Gasteiger partial charge in [0.2, 0.25) is 11.8 Å². The molecule has 2 atom stereocenters. The van der Waals surface area contributed by atoms with Crippen molar-refractivity contribution in [2.24, 2.45) is 0 Å². The second-order valence-corrected chi connectivity index (χ2v) is 5.95. The van der Waals surface area contributed by atoms with E-state index >= 15 is 0 Å². The highest BCUT2D eigenvalue weighted by Gasteiger charge is 2.38. The number of imide groups is 1. The maximum absolute atomic E-state index is 12.1. The molecule has 1 aliphatic heterocycles. The van der Waals surface area contributed by atoms with E-state index in [1.807, 2.05) is 6.92 Å². The summed E-state index contributed by atoms with van der Waals surface area (Å²) < 4.78 is 0. The number of thioether (sulfide) groups is 1. The van der Waals surface area contributed by atoms with Crippen molar-refractivity contribution < 1.29 is 14.4 Å². The smallest absolute Gasteiger partial charge is 0.242 e. The average molecular weight is 286 g/mol. The predicted molar refractivity (Wildman–Crippen MR) is 76.0 cm³/mol. The molecule has 2 unspecified atom stereocenters. The second-order valence-electron chi connectivity index (χ2n) is 4.72. The van der Waals surface area contributed by atoms with Crippen LogP contribution in [-0.2, 0) is 14.4 Å². The topological polar surface area (TPSA) is 66.5 Å². The molecule has 6 heteroatoms. The van der Waals surface area contributed by atoms with E-state index in [1.165, 1.54) is 23.6 Å². The summed E-state index contributed by atoms with van der Waals surface area (Å²) in [6.45, 7) is 4.08. The Morgan fingerprint density at radius 2 is 2.21 bits per heavy atom. The van der Waals surface area contributed by atoms with E-state index in [0.717, 1.165) is 12.8 Å². The number of nitrogens with one attached hydrogen (secondary N) is 1. The zero-order chi connectivity index (χ0) is 14.4. The molecule has 0 saturated carbocycles. The Balaban J connectivity index is 2.50. The van der Waals surface area contributed by atoms with Crippen LogP contribution in [0, 0.1) is 0 Å². The molecule has 1 saturated heterocycles. The molecule has 0 radical (unpaired) electrons. The van der Waals surface area contributed by atoms with E-state index in [2.05, 4.69) is 5.32 Å². The minimum atomic E-state index is -0.320. The lowest BCUT2D eigenvalue weighted by atomic mass is 10.2.